The van der Waals surface area contributed by atoms with Crippen LogP contribution in [0.4, 0.5) is 0 Å². The molecule has 1 atom stereocenters. The fourth-order valence-corrected chi connectivity index (χ4v) is 1.61. The summed E-state index contributed by atoms with van der Waals surface area (Å²) >= 11 is -0.556. The van der Waals surface area contributed by atoms with Crippen LogP contribution in [0.25, 0.3) is 6.08 Å². The van der Waals surface area contributed by atoms with Crippen LogP contribution in [0.1, 0.15) is 16.7 Å². The second-order valence-electron chi connectivity index (χ2n) is 2.54. The Morgan fingerprint density at radius 2 is 1.85 bits per heavy atom. The largest absolute Gasteiger partial charge is 0.0800 e. The average molecular weight is 262 g/mol. The van der Waals surface area contributed by atoms with Crippen LogP contribution in [-0.4, -0.2) is 10.2 Å². The van der Waals surface area contributed by atoms with E-state index < -0.39 is 17.0 Å². The van der Waals surface area contributed by atoms with E-state index in [0.29, 0.717) is 5.54 Å². The van der Waals surface area contributed by atoms with Crippen molar-refractivity contribution in [3.63, 3.8) is 0 Å². The quantitative estimate of drug-likeness (QED) is 0.629. The van der Waals surface area contributed by atoms with Gasteiger partial charge in [-0.3, -0.25) is 0 Å². The first kappa shape index (κ1) is 11.5. The SMILES string of the molecule is [Cl][Ti][Cl].[Si]C1C=Cc2ccccc21. The molecule has 0 saturated carbocycles. The van der Waals surface area contributed by atoms with E-state index in [0.717, 1.165) is 0 Å². The molecule has 0 heterocycles. The Labute approximate surface area is 98.4 Å². The van der Waals surface area contributed by atoms with Gasteiger partial charge in [0.25, 0.3) is 0 Å². The molecule has 0 aliphatic heterocycles. The molecule has 1 aliphatic rings. The Bertz CT molecular complexity index is 301. The molecule has 13 heavy (non-hydrogen) atoms. The van der Waals surface area contributed by atoms with Crippen molar-refractivity contribution >= 4 is 34.9 Å². The van der Waals surface area contributed by atoms with Gasteiger partial charge in [-0.1, -0.05) is 36.4 Å². The molecule has 0 bridgehead atoms. The number of hydrogen-bond donors (Lipinski definition) is 0. The zero-order chi connectivity index (χ0) is 9.68. The van der Waals surface area contributed by atoms with Gasteiger partial charge in [0, 0.05) is 10.2 Å². The zero-order valence-corrected chi connectivity index (χ0v) is 10.9. The van der Waals surface area contributed by atoms with E-state index in [1.807, 2.05) is 0 Å². The van der Waals surface area contributed by atoms with E-state index in [-0.39, 0.29) is 0 Å². The minimum Gasteiger partial charge on any atom is -0.0800 e. The van der Waals surface area contributed by atoms with Crippen LogP contribution in [0.2, 0.25) is 0 Å². The fourth-order valence-electron chi connectivity index (χ4n) is 1.25. The van der Waals surface area contributed by atoms with E-state index in [9.17, 15) is 0 Å². The van der Waals surface area contributed by atoms with Crippen molar-refractivity contribution in [2.24, 2.45) is 0 Å². The standard InChI is InChI=1S/C9H7Si.2ClH.Ti/c10-9-6-5-7-3-1-2-4-8(7)9;;;/h1-6,9H;2*1H;/q;;;+2/p-2. The molecule has 0 saturated heterocycles. The van der Waals surface area contributed by atoms with Crippen molar-refractivity contribution in [3.05, 3.63) is 41.5 Å². The van der Waals surface area contributed by atoms with E-state index in [1.165, 1.54) is 11.1 Å². The zero-order valence-electron chi connectivity index (χ0n) is 6.80. The van der Waals surface area contributed by atoms with Gasteiger partial charge in [0.2, 0.25) is 0 Å². The predicted molar refractivity (Wildman–Crippen MR) is 55.7 cm³/mol. The maximum Gasteiger partial charge on any atom is 0.0388 e. The topological polar surface area (TPSA) is 0 Å². The maximum absolute atomic E-state index is 4.89. The molecule has 65 valence electrons. The minimum absolute atomic E-state index is 0.427. The molecule has 0 N–H and O–H groups in total. The van der Waals surface area contributed by atoms with Crippen molar-refractivity contribution in [3.8, 4) is 0 Å². The van der Waals surface area contributed by atoms with Gasteiger partial charge in [0.05, 0.1) is 0 Å². The molecule has 0 fully saturated rings. The maximum atomic E-state index is 4.89. The van der Waals surface area contributed by atoms with Crippen molar-refractivity contribution < 1.29 is 17.0 Å². The molecule has 4 heteroatoms. The smallest absolute Gasteiger partial charge is 0.0388 e. The summed E-state index contributed by atoms with van der Waals surface area (Å²) in [6, 6.07) is 8.41. The summed E-state index contributed by atoms with van der Waals surface area (Å²) in [6.45, 7) is 0. The van der Waals surface area contributed by atoms with Gasteiger partial charge >= 0.3 is 35.6 Å². The van der Waals surface area contributed by atoms with Crippen LogP contribution < -0.4 is 0 Å². The first-order valence-corrected chi connectivity index (χ1v) is 8.61. The summed E-state index contributed by atoms with van der Waals surface area (Å²) in [4.78, 5) is 0. The van der Waals surface area contributed by atoms with Crippen molar-refractivity contribution in [1.82, 2.24) is 0 Å². The summed E-state index contributed by atoms with van der Waals surface area (Å²) in [5.74, 6) is 0. The van der Waals surface area contributed by atoms with Crippen LogP contribution in [-0.2, 0) is 17.0 Å². The van der Waals surface area contributed by atoms with Gasteiger partial charge in [-0.2, -0.15) is 0 Å². The second-order valence-corrected chi connectivity index (χ2v) is 5.74. The minimum atomic E-state index is -0.556. The number of allylic oxidation sites excluding steroid dienone is 1. The molecule has 0 nitrogen and oxygen atoms in total. The summed E-state index contributed by atoms with van der Waals surface area (Å²) in [5, 5.41) is 0. The summed E-state index contributed by atoms with van der Waals surface area (Å²) < 4.78 is 0. The molecule has 0 spiro atoms. The molecule has 1 aromatic carbocycles. The van der Waals surface area contributed by atoms with Gasteiger partial charge in [0.15, 0.2) is 0 Å². The first-order valence-electron chi connectivity index (χ1n) is 3.74. The van der Waals surface area contributed by atoms with Gasteiger partial charge in [0.1, 0.15) is 0 Å². The number of benzene rings is 1. The third-order valence-corrected chi connectivity index (χ3v) is 2.30. The van der Waals surface area contributed by atoms with Crippen molar-refractivity contribution in [1.29, 1.82) is 0 Å². The number of rotatable bonds is 0. The molecule has 1 aliphatic carbocycles. The normalized spacial score (nSPS) is 17.3. The van der Waals surface area contributed by atoms with E-state index in [1.54, 1.807) is 0 Å². The monoisotopic (exact) mass is 261 g/mol. The Kier molecular flexibility index (Phi) is 5.37. The third-order valence-electron chi connectivity index (χ3n) is 1.80. The molecule has 1 unspecified atom stereocenters. The Hall–Kier alpha value is 0.471. The molecule has 2 rings (SSSR count). The van der Waals surface area contributed by atoms with Gasteiger partial charge < -0.3 is 0 Å². The predicted octanol–water partition coefficient (Wildman–Crippen LogP) is 3.30. The van der Waals surface area contributed by atoms with Crippen LogP contribution in [0, 0.1) is 0 Å². The van der Waals surface area contributed by atoms with Crippen LogP contribution in [0.15, 0.2) is 30.3 Å². The second kappa shape index (κ2) is 6.05. The molecule has 3 radical (unpaired) electrons. The van der Waals surface area contributed by atoms with Gasteiger partial charge in [-0.05, 0) is 16.7 Å². The van der Waals surface area contributed by atoms with Crippen molar-refractivity contribution in [2.75, 3.05) is 0 Å². The Morgan fingerprint density at radius 3 is 2.46 bits per heavy atom. The summed E-state index contributed by atoms with van der Waals surface area (Å²) in [5.41, 5.74) is 3.14. The number of fused-ring (bicyclic) bond motifs is 1. The Morgan fingerprint density at radius 1 is 1.23 bits per heavy atom. The molecule has 0 aromatic heterocycles. The average Bonchev–Trinajstić information content (AvgIpc) is 2.50. The van der Waals surface area contributed by atoms with Crippen LogP contribution in [0.3, 0.4) is 0 Å². The molecule has 1 aromatic rings. The van der Waals surface area contributed by atoms with Crippen LogP contribution in [0.5, 0.6) is 0 Å². The van der Waals surface area contributed by atoms with Gasteiger partial charge in [-0.25, -0.2) is 0 Å². The Balaban J connectivity index is 0.000000251. The number of hydrogen-bond acceptors (Lipinski definition) is 0. The fraction of sp³-hybridized carbons (Fsp3) is 0.111. The molecular weight excluding hydrogens is 255 g/mol. The number of halogens is 2. The third kappa shape index (κ3) is 3.26. The van der Waals surface area contributed by atoms with E-state index in [4.69, 9.17) is 18.6 Å². The van der Waals surface area contributed by atoms with E-state index >= 15 is 0 Å². The van der Waals surface area contributed by atoms with Gasteiger partial charge in [-0.15, -0.1) is 0 Å². The van der Waals surface area contributed by atoms with E-state index in [2.05, 4.69) is 46.7 Å². The first-order chi connectivity index (χ1) is 6.29. The summed E-state index contributed by atoms with van der Waals surface area (Å²) in [7, 11) is 13.4. The molecule has 0 amide bonds. The van der Waals surface area contributed by atoms with Crippen molar-refractivity contribution in [2.45, 2.75) is 5.54 Å². The summed E-state index contributed by atoms with van der Waals surface area (Å²) in [6.07, 6.45) is 4.30. The molecular formula is C9H7Cl2SiTi. The van der Waals surface area contributed by atoms with Crippen LogP contribution >= 0.6 is 18.6 Å².